The molecule has 2 aliphatic heterocycles. The number of rotatable bonds is 2. The highest BCUT2D eigenvalue weighted by molar-refractivity contribution is 5.64. The van der Waals surface area contributed by atoms with Crippen LogP contribution in [0.2, 0.25) is 0 Å². The van der Waals surface area contributed by atoms with E-state index in [2.05, 4.69) is 0 Å². The van der Waals surface area contributed by atoms with Gasteiger partial charge in [0.15, 0.2) is 0 Å². The Morgan fingerprint density at radius 2 is 1.50 bits per heavy atom. The van der Waals surface area contributed by atoms with Crippen molar-refractivity contribution in [3.63, 3.8) is 0 Å². The van der Waals surface area contributed by atoms with Crippen LogP contribution in [-0.4, -0.2) is 23.1 Å². The van der Waals surface area contributed by atoms with Crippen LogP contribution in [0.3, 0.4) is 0 Å². The largest absolute Gasteiger partial charge is 0.493 e. The molecular weight excluding hydrogens is 342 g/mol. The number of benzene rings is 2. The minimum absolute atomic E-state index is 0. The molecule has 9 heteroatoms. The number of hydrogen-bond donors (Lipinski definition) is 1. The molecule has 0 bridgehead atoms. The van der Waals surface area contributed by atoms with Gasteiger partial charge in [-0.05, 0) is 17.7 Å². The molecule has 0 fully saturated rings. The van der Waals surface area contributed by atoms with E-state index in [1.54, 1.807) is 12.1 Å². The van der Waals surface area contributed by atoms with Gasteiger partial charge in [0.25, 0.3) is 11.4 Å². The van der Waals surface area contributed by atoms with Crippen molar-refractivity contribution >= 4 is 17.1 Å². The number of hydrogen-bond acceptors (Lipinski definition) is 7. The molecule has 2 aromatic carbocycles. The van der Waals surface area contributed by atoms with E-state index in [0.717, 1.165) is 24.0 Å². The summed E-state index contributed by atoms with van der Waals surface area (Å²) in [6.07, 6.45) is 1.63. The molecule has 2 N–H and O–H groups in total. The molecule has 0 radical (unpaired) electrons. The maximum Gasteiger partial charge on any atom is 0.295 e. The average Bonchev–Trinajstić information content (AvgIpc) is 3.21. The number of nitrogens with two attached hydrogens (primary N) is 1. The summed E-state index contributed by atoms with van der Waals surface area (Å²) in [5.74, 6) is 1.24. The summed E-state index contributed by atoms with van der Waals surface area (Å²) in [7, 11) is 0. The predicted molar refractivity (Wildman–Crippen MR) is 95.7 cm³/mol. The molecule has 0 aromatic heterocycles. The number of fused-ring (bicyclic) bond motifs is 2. The van der Waals surface area contributed by atoms with E-state index in [1.165, 1.54) is 18.2 Å². The molecule has 0 unspecified atom stereocenters. The van der Waals surface area contributed by atoms with Crippen LogP contribution in [-0.2, 0) is 12.8 Å². The van der Waals surface area contributed by atoms with E-state index < -0.39 is 9.85 Å². The average molecular weight is 361 g/mol. The second-order valence-corrected chi connectivity index (χ2v) is 5.52. The maximum absolute atomic E-state index is 10.5. The number of nitro benzene ring substituents is 2. The van der Waals surface area contributed by atoms with Gasteiger partial charge in [-0.2, -0.15) is 0 Å². The molecule has 138 valence electrons. The van der Waals surface area contributed by atoms with Crippen LogP contribution in [0.1, 0.15) is 18.6 Å². The van der Waals surface area contributed by atoms with Crippen LogP contribution in [0, 0.1) is 20.2 Å². The summed E-state index contributed by atoms with van der Waals surface area (Å²) in [4.78, 5) is 19.9. The minimum atomic E-state index is -0.503. The van der Waals surface area contributed by atoms with Crippen LogP contribution in [0.25, 0.3) is 0 Å². The Labute approximate surface area is 149 Å². The molecule has 4 rings (SSSR count). The molecule has 0 spiro atoms. The number of nitrogen functional groups attached to an aromatic ring is 1. The Bertz CT molecular complexity index is 853. The fourth-order valence-electron chi connectivity index (χ4n) is 2.66. The van der Waals surface area contributed by atoms with Crippen molar-refractivity contribution in [3.8, 4) is 11.5 Å². The van der Waals surface area contributed by atoms with E-state index in [4.69, 9.17) is 15.2 Å². The van der Waals surface area contributed by atoms with E-state index >= 15 is 0 Å². The number of nitrogens with zero attached hydrogens (tertiary/aromatic N) is 2. The molecule has 0 aliphatic carbocycles. The molecule has 0 saturated heterocycles. The fraction of sp³-hybridized carbons (Fsp3) is 0.294. The van der Waals surface area contributed by atoms with Gasteiger partial charge >= 0.3 is 0 Å². The molecule has 9 nitrogen and oxygen atoms in total. The van der Waals surface area contributed by atoms with Gasteiger partial charge in [-0.25, -0.2) is 0 Å². The lowest BCUT2D eigenvalue weighted by Crippen LogP contribution is -1.96. The lowest BCUT2D eigenvalue weighted by Gasteiger charge is -2.00. The summed E-state index contributed by atoms with van der Waals surface area (Å²) in [6, 6.07) is 7.73. The number of anilines is 1. The molecule has 0 atom stereocenters. The van der Waals surface area contributed by atoms with Crippen molar-refractivity contribution < 1.29 is 19.3 Å². The zero-order valence-electron chi connectivity index (χ0n) is 13.1. The highest BCUT2D eigenvalue weighted by Gasteiger charge is 2.20. The fourth-order valence-corrected chi connectivity index (χ4v) is 2.66. The Morgan fingerprint density at radius 1 is 0.885 bits per heavy atom. The Balaban J connectivity index is 0.000000180. The highest BCUT2D eigenvalue weighted by Crippen LogP contribution is 2.34. The van der Waals surface area contributed by atoms with Gasteiger partial charge in [-0.15, -0.1) is 0 Å². The summed E-state index contributed by atoms with van der Waals surface area (Å²) < 4.78 is 10.4. The zero-order valence-corrected chi connectivity index (χ0v) is 13.1. The number of non-ortho nitro benzene ring substituents is 1. The zero-order chi connectivity index (χ0) is 18.0. The van der Waals surface area contributed by atoms with Crippen LogP contribution in [0.5, 0.6) is 11.5 Å². The second-order valence-electron chi connectivity index (χ2n) is 5.52. The first-order chi connectivity index (χ1) is 12.0. The Hall–Kier alpha value is -3.36. The lowest BCUT2D eigenvalue weighted by molar-refractivity contribution is -0.384. The van der Waals surface area contributed by atoms with Crippen LogP contribution >= 0.6 is 0 Å². The minimum Gasteiger partial charge on any atom is -0.493 e. The van der Waals surface area contributed by atoms with Crippen molar-refractivity contribution in [2.45, 2.75) is 20.3 Å². The first kappa shape index (κ1) is 19.0. The lowest BCUT2D eigenvalue weighted by atomic mass is 10.1. The number of nitro groups is 2. The van der Waals surface area contributed by atoms with E-state index in [9.17, 15) is 20.2 Å². The summed E-state index contributed by atoms with van der Waals surface area (Å²) in [5.41, 5.74) is 7.71. The van der Waals surface area contributed by atoms with Gasteiger partial charge in [-0.1, -0.05) is 7.43 Å². The summed E-state index contributed by atoms with van der Waals surface area (Å²) in [5, 5.41) is 20.8. The summed E-state index contributed by atoms with van der Waals surface area (Å²) >= 11 is 0. The van der Waals surface area contributed by atoms with Crippen molar-refractivity contribution in [3.05, 3.63) is 61.7 Å². The van der Waals surface area contributed by atoms with Crippen LogP contribution < -0.4 is 15.2 Å². The topological polar surface area (TPSA) is 131 Å². The standard InChI is InChI=1S/C8H8N2O3.C8H7NO3.CH4/c9-6-3-5-1-2-13-8(5)4-7(6)10(11)12;10-9(11)7-2-1-6-3-4-12-8(6)5-7;/h3-4H,1-2,9H2;1-2,5H,3-4H2;1H4. The first-order valence-corrected chi connectivity index (χ1v) is 7.55. The van der Waals surface area contributed by atoms with E-state index in [1.807, 2.05) is 0 Å². The maximum atomic E-state index is 10.5. The second kappa shape index (κ2) is 7.68. The smallest absolute Gasteiger partial charge is 0.295 e. The van der Waals surface area contributed by atoms with Crippen molar-refractivity contribution in [2.75, 3.05) is 18.9 Å². The van der Waals surface area contributed by atoms with E-state index in [0.29, 0.717) is 24.7 Å². The normalized spacial score (nSPS) is 13.1. The third kappa shape index (κ3) is 3.82. The van der Waals surface area contributed by atoms with Gasteiger partial charge in [-0.3, -0.25) is 20.2 Å². The highest BCUT2D eigenvalue weighted by atomic mass is 16.6. The van der Waals surface area contributed by atoms with Gasteiger partial charge in [0, 0.05) is 24.5 Å². The van der Waals surface area contributed by atoms with Crippen molar-refractivity contribution in [1.29, 1.82) is 0 Å². The third-order valence-corrected chi connectivity index (χ3v) is 3.93. The summed E-state index contributed by atoms with van der Waals surface area (Å²) in [6.45, 7) is 1.21. The van der Waals surface area contributed by atoms with Gasteiger partial charge in [0.05, 0.1) is 35.2 Å². The third-order valence-electron chi connectivity index (χ3n) is 3.93. The van der Waals surface area contributed by atoms with Crippen molar-refractivity contribution in [2.24, 2.45) is 0 Å². The van der Waals surface area contributed by atoms with E-state index in [-0.39, 0.29) is 24.5 Å². The molecule has 2 heterocycles. The van der Waals surface area contributed by atoms with Crippen LogP contribution in [0.15, 0.2) is 30.3 Å². The van der Waals surface area contributed by atoms with Gasteiger partial charge in [0.1, 0.15) is 17.2 Å². The predicted octanol–water partition coefficient (Wildman–Crippen LogP) is 3.28. The van der Waals surface area contributed by atoms with Crippen LogP contribution in [0.4, 0.5) is 17.1 Å². The van der Waals surface area contributed by atoms with Gasteiger partial charge < -0.3 is 15.2 Å². The quantitative estimate of drug-likeness (QED) is 0.493. The molecular formula is C17H19N3O6. The van der Waals surface area contributed by atoms with Crippen molar-refractivity contribution in [1.82, 2.24) is 0 Å². The molecule has 26 heavy (non-hydrogen) atoms. The Morgan fingerprint density at radius 3 is 2.12 bits per heavy atom. The monoisotopic (exact) mass is 361 g/mol. The Kier molecular flexibility index (Phi) is 5.61. The molecule has 0 amide bonds. The molecule has 0 saturated carbocycles. The molecule has 2 aromatic rings. The first-order valence-electron chi connectivity index (χ1n) is 7.55. The number of ether oxygens (including phenoxy) is 2. The van der Waals surface area contributed by atoms with Gasteiger partial charge in [0.2, 0.25) is 0 Å². The molecule has 2 aliphatic rings. The SMILES string of the molecule is C.Nc1cc2c(cc1[N+](=O)[O-])OCC2.O=[N+]([O-])c1ccc2c(c1)OCC2.